The maximum Gasteiger partial charge on any atom is 0.416 e. The lowest BCUT2D eigenvalue weighted by Gasteiger charge is -2.30. The van der Waals surface area contributed by atoms with Crippen LogP contribution in [0.3, 0.4) is 0 Å². The Labute approximate surface area is 209 Å². The number of carbonyl (C=O) groups is 1. The molecule has 6 nitrogen and oxygen atoms in total. The first-order chi connectivity index (χ1) is 16.7. The Kier molecular flexibility index (Phi) is 7.30. The van der Waals surface area contributed by atoms with Crippen molar-refractivity contribution < 1.29 is 23.1 Å². The number of aromatic nitrogens is 1. The van der Waals surface area contributed by atoms with Gasteiger partial charge in [-0.15, -0.1) is 0 Å². The second-order valence-electron chi connectivity index (χ2n) is 7.82. The standard InChI is InChI=1S/C24H19Cl2F3N4O2/c25-17-7-5-16(6-8-17)23-31-33(22(14-34)32(23)13-21(35)24(27,28)29)12-15-9-10-30-20(11-15)18-3-1-2-4-19(18)26/h1-11,14,21-22,35H,12-13H2/t21-,22?/m0/s1. The molecule has 2 aromatic carbocycles. The molecule has 1 aliphatic heterocycles. The summed E-state index contributed by atoms with van der Waals surface area (Å²) in [6.45, 7) is -0.773. The van der Waals surface area contributed by atoms with E-state index in [9.17, 15) is 23.1 Å². The number of benzene rings is 2. The van der Waals surface area contributed by atoms with Crippen molar-refractivity contribution in [3.8, 4) is 11.3 Å². The van der Waals surface area contributed by atoms with Gasteiger partial charge in [-0.3, -0.25) is 14.8 Å². The Morgan fingerprint density at radius 3 is 2.46 bits per heavy atom. The SMILES string of the molecule is O=CC1N(Cc2ccnc(-c3ccccc3Cl)c2)N=C(c2ccc(Cl)cc2)N1C[C@H](O)C(F)(F)F. The molecule has 0 bridgehead atoms. The van der Waals surface area contributed by atoms with Crippen LogP contribution >= 0.6 is 23.2 Å². The molecule has 0 radical (unpaired) electrons. The van der Waals surface area contributed by atoms with Crippen molar-refractivity contribution in [1.82, 2.24) is 14.9 Å². The third kappa shape index (κ3) is 5.58. The maximum absolute atomic E-state index is 13.1. The zero-order valence-corrected chi connectivity index (χ0v) is 19.5. The topological polar surface area (TPSA) is 69.0 Å². The predicted molar refractivity (Wildman–Crippen MR) is 127 cm³/mol. The summed E-state index contributed by atoms with van der Waals surface area (Å²) in [5.74, 6) is 0.113. The van der Waals surface area contributed by atoms with Gasteiger partial charge in [0, 0.05) is 27.4 Å². The minimum Gasteiger partial charge on any atom is -0.382 e. The molecule has 1 unspecified atom stereocenters. The number of β-amino-alcohol motifs (C(OH)–C–C–N with tert-alkyl or cyclic N) is 1. The molecule has 1 N–H and O–H groups in total. The molecule has 0 fully saturated rings. The van der Waals surface area contributed by atoms with Gasteiger partial charge in [-0.25, -0.2) is 0 Å². The molecule has 1 aliphatic rings. The largest absolute Gasteiger partial charge is 0.416 e. The molecule has 182 valence electrons. The normalized spacial score (nSPS) is 16.9. The summed E-state index contributed by atoms with van der Waals surface area (Å²) in [7, 11) is 0. The monoisotopic (exact) mass is 522 g/mol. The molecule has 2 heterocycles. The van der Waals surface area contributed by atoms with Gasteiger partial charge in [0.2, 0.25) is 0 Å². The summed E-state index contributed by atoms with van der Waals surface area (Å²) >= 11 is 12.2. The molecule has 0 aliphatic carbocycles. The lowest BCUT2D eigenvalue weighted by Crippen LogP contribution is -2.49. The van der Waals surface area contributed by atoms with Gasteiger partial charge in [-0.2, -0.15) is 18.3 Å². The first-order valence-electron chi connectivity index (χ1n) is 10.4. The van der Waals surface area contributed by atoms with Crippen LogP contribution in [0.25, 0.3) is 11.3 Å². The van der Waals surface area contributed by atoms with E-state index in [1.807, 2.05) is 12.1 Å². The number of aliphatic hydroxyl groups excluding tert-OH is 1. The van der Waals surface area contributed by atoms with Crippen LogP contribution in [0.1, 0.15) is 11.1 Å². The van der Waals surface area contributed by atoms with E-state index in [-0.39, 0.29) is 12.4 Å². The van der Waals surface area contributed by atoms with Gasteiger partial charge in [0.15, 0.2) is 24.4 Å². The molecular formula is C24H19Cl2F3N4O2. The first-order valence-corrected chi connectivity index (χ1v) is 11.2. The Morgan fingerprint density at radius 1 is 1.09 bits per heavy atom. The summed E-state index contributed by atoms with van der Waals surface area (Å²) in [5, 5.41) is 16.5. The molecule has 4 rings (SSSR count). The van der Waals surface area contributed by atoms with Crippen molar-refractivity contribution in [3.63, 3.8) is 0 Å². The van der Waals surface area contributed by atoms with Gasteiger partial charge >= 0.3 is 6.18 Å². The van der Waals surface area contributed by atoms with Crippen LogP contribution in [0.15, 0.2) is 72.0 Å². The van der Waals surface area contributed by atoms with E-state index in [0.717, 1.165) is 4.90 Å². The second-order valence-corrected chi connectivity index (χ2v) is 8.66. The quantitative estimate of drug-likeness (QED) is 0.443. The third-order valence-corrected chi connectivity index (χ3v) is 5.99. The number of hydrazone groups is 1. The molecule has 1 aromatic heterocycles. The highest BCUT2D eigenvalue weighted by molar-refractivity contribution is 6.33. The predicted octanol–water partition coefficient (Wildman–Crippen LogP) is 4.98. The summed E-state index contributed by atoms with van der Waals surface area (Å²) < 4.78 is 39.4. The van der Waals surface area contributed by atoms with Crippen LogP contribution in [-0.4, -0.2) is 57.1 Å². The van der Waals surface area contributed by atoms with Gasteiger partial charge in [0.25, 0.3) is 0 Å². The molecule has 35 heavy (non-hydrogen) atoms. The van der Waals surface area contributed by atoms with Crippen LogP contribution in [0.5, 0.6) is 0 Å². The number of carbonyl (C=O) groups excluding carboxylic acids is 1. The molecule has 0 spiro atoms. The summed E-state index contributed by atoms with van der Waals surface area (Å²) in [4.78, 5) is 17.5. The van der Waals surface area contributed by atoms with Gasteiger partial charge < -0.3 is 10.0 Å². The van der Waals surface area contributed by atoms with E-state index in [1.165, 1.54) is 5.01 Å². The van der Waals surface area contributed by atoms with Crippen LogP contribution in [-0.2, 0) is 11.3 Å². The summed E-state index contributed by atoms with van der Waals surface area (Å²) in [6, 6.07) is 17.0. The number of halogens is 5. The minimum absolute atomic E-state index is 0.0963. The number of hydrogen-bond acceptors (Lipinski definition) is 6. The van der Waals surface area contributed by atoms with Crippen molar-refractivity contribution in [2.45, 2.75) is 25.0 Å². The van der Waals surface area contributed by atoms with Gasteiger partial charge in [0.1, 0.15) is 0 Å². The van der Waals surface area contributed by atoms with Crippen molar-refractivity contribution in [2.24, 2.45) is 5.10 Å². The smallest absolute Gasteiger partial charge is 0.382 e. The Hall–Kier alpha value is -3.14. The highest BCUT2D eigenvalue weighted by Gasteiger charge is 2.44. The molecule has 0 amide bonds. The Morgan fingerprint density at radius 2 is 1.80 bits per heavy atom. The molecule has 0 saturated heterocycles. The second kappa shape index (κ2) is 10.2. The molecule has 3 aromatic rings. The zero-order valence-electron chi connectivity index (χ0n) is 18.0. The number of aliphatic hydroxyl groups is 1. The van der Waals surface area contributed by atoms with Crippen LogP contribution in [0.4, 0.5) is 13.2 Å². The molecule has 0 saturated carbocycles. The van der Waals surface area contributed by atoms with Crippen molar-refractivity contribution in [1.29, 1.82) is 0 Å². The Bertz CT molecular complexity index is 1240. The Balaban J connectivity index is 1.67. The fourth-order valence-corrected chi connectivity index (χ4v) is 4.04. The number of pyridine rings is 1. The van der Waals surface area contributed by atoms with Crippen molar-refractivity contribution in [2.75, 3.05) is 6.54 Å². The van der Waals surface area contributed by atoms with E-state index in [1.54, 1.807) is 54.7 Å². The van der Waals surface area contributed by atoms with E-state index >= 15 is 0 Å². The highest BCUT2D eigenvalue weighted by atomic mass is 35.5. The van der Waals surface area contributed by atoms with E-state index in [4.69, 9.17) is 23.2 Å². The van der Waals surface area contributed by atoms with Gasteiger partial charge in [0.05, 0.1) is 18.8 Å². The van der Waals surface area contributed by atoms with Crippen molar-refractivity contribution in [3.05, 3.63) is 88.0 Å². The summed E-state index contributed by atoms with van der Waals surface area (Å²) in [6.07, 6.45) is -6.63. The van der Waals surface area contributed by atoms with E-state index < -0.39 is 25.0 Å². The summed E-state index contributed by atoms with van der Waals surface area (Å²) in [5.41, 5.74) is 2.47. The number of nitrogens with zero attached hydrogens (tertiary/aromatic N) is 4. The third-order valence-electron chi connectivity index (χ3n) is 5.41. The average molecular weight is 523 g/mol. The lowest BCUT2D eigenvalue weighted by molar-refractivity contribution is -0.207. The van der Waals surface area contributed by atoms with E-state index in [0.29, 0.717) is 38.7 Å². The highest BCUT2D eigenvalue weighted by Crippen LogP contribution is 2.29. The number of amidine groups is 1. The number of hydrogen-bond donors (Lipinski definition) is 1. The maximum atomic E-state index is 13.1. The number of alkyl halides is 3. The fraction of sp³-hybridized carbons (Fsp3) is 0.208. The van der Waals surface area contributed by atoms with Gasteiger partial charge in [-0.05, 0) is 48.0 Å². The lowest BCUT2D eigenvalue weighted by atomic mass is 10.1. The number of aldehydes is 1. The fourth-order valence-electron chi connectivity index (χ4n) is 3.68. The minimum atomic E-state index is -4.86. The number of rotatable bonds is 7. The first kappa shape index (κ1) is 25.0. The zero-order chi connectivity index (χ0) is 25.2. The van der Waals surface area contributed by atoms with Crippen molar-refractivity contribution >= 4 is 35.3 Å². The molecule has 11 heteroatoms. The molecular weight excluding hydrogens is 504 g/mol. The average Bonchev–Trinajstić information content (AvgIpc) is 3.16. The van der Waals surface area contributed by atoms with Gasteiger partial charge in [-0.1, -0.05) is 41.4 Å². The molecule has 2 atom stereocenters. The van der Waals surface area contributed by atoms with Crippen LogP contribution in [0, 0.1) is 0 Å². The van der Waals surface area contributed by atoms with Crippen LogP contribution < -0.4 is 0 Å². The van der Waals surface area contributed by atoms with E-state index in [2.05, 4.69) is 10.1 Å². The van der Waals surface area contributed by atoms with Crippen LogP contribution in [0.2, 0.25) is 10.0 Å².